The topological polar surface area (TPSA) is 62.9 Å². The van der Waals surface area contributed by atoms with E-state index in [1.165, 1.54) is 5.56 Å². The van der Waals surface area contributed by atoms with Crippen LogP contribution in [0.1, 0.15) is 12.0 Å². The van der Waals surface area contributed by atoms with E-state index in [0.29, 0.717) is 11.9 Å². The van der Waals surface area contributed by atoms with Crippen molar-refractivity contribution < 1.29 is 4.74 Å². The summed E-state index contributed by atoms with van der Waals surface area (Å²) < 4.78 is 5.47. The maximum absolute atomic E-state index is 6.01. The molecule has 26 heavy (non-hydrogen) atoms. The number of nitrogens with one attached hydrogen (secondary N) is 1. The summed E-state index contributed by atoms with van der Waals surface area (Å²) >= 11 is 0. The summed E-state index contributed by atoms with van der Waals surface area (Å²) in [7, 11) is 1.72. The van der Waals surface area contributed by atoms with Gasteiger partial charge in [-0.2, -0.15) is 0 Å². The second-order valence-corrected chi connectivity index (χ2v) is 6.66. The SMILES string of the molecule is COc1ccccc1N1CCC(CN=C(N)NCCc2ccccc2)C1. The van der Waals surface area contributed by atoms with Gasteiger partial charge in [-0.1, -0.05) is 42.5 Å². The summed E-state index contributed by atoms with van der Waals surface area (Å²) in [6.45, 7) is 3.58. The summed E-state index contributed by atoms with van der Waals surface area (Å²) in [5.41, 5.74) is 8.48. The molecule has 1 fully saturated rings. The number of rotatable bonds is 7. The van der Waals surface area contributed by atoms with E-state index in [9.17, 15) is 0 Å². The van der Waals surface area contributed by atoms with Gasteiger partial charge in [-0.05, 0) is 36.5 Å². The van der Waals surface area contributed by atoms with Crippen LogP contribution in [-0.4, -0.2) is 39.2 Å². The van der Waals surface area contributed by atoms with Gasteiger partial charge in [0.25, 0.3) is 0 Å². The van der Waals surface area contributed by atoms with Crippen LogP contribution in [0.2, 0.25) is 0 Å². The Bertz CT molecular complexity index is 717. The summed E-state index contributed by atoms with van der Waals surface area (Å²) in [5, 5.41) is 3.21. The first-order valence-electron chi connectivity index (χ1n) is 9.22. The number of benzene rings is 2. The Morgan fingerprint density at radius 3 is 2.77 bits per heavy atom. The summed E-state index contributed by atoms with van der Waals surface area (Å²) in [6.07, 6.45) is 2.07. The average Bonchev–Trinajstić information content (AvgIpc) is 3.16. The first kappa shape index (κ1) is 18.1. The first-order valence-corrected chi connectivity index (χ1v) is 9.22. The third-order valence-corrected chi connectivity index (χ3v) is 4.79. The molecule has 138 valence electrons. The quantitative estimate of drug-likeness (QED) is 0.594. The van der Waals surface area contributed by atoms with Crippen LogP contribution in [0, 0.1) is 5.92 Å². The fraction of sp³-hybridized carbons (Fsp3) is 0.381. The number of anilines is 1. The lowest BCUT2D eigenvalue weighted by Gasteiger charge is -2.21. The molecule has 3 rings (SSSR count). The molecular formula is C21H28N4O. The molecule has 3 N–H and O–H groups in total. The maximum atomic E-state index is 6.01. The average molecular weight is 352 g/mol. The van der Waals surface area contributed by atoms with Crippen LogP contribution in [-0.2, 0) is 6.42 Å². The fourth-order valence-corrected chi connectivity index (χ4v) is 3.35. The Kier molecular flexibility index (Phi) is 6.36. The van der Waals surface area contributed by atoms with Gasteiger partial charge >= 0.3 is 0 Å². The molecule has 0 amide bonds. The van der Waals surface area contributed by atoms with Gasteiger partial charge in [-0.15, -0.1) is 0 Å². The van der Waals surface area contributed by atoms with Gasteiger partial charge < -0.3 is 20.7 Å². The predicted octanol–water partition coefficient (Wildman–Crippen LogP) is 2.67. The molecule has 1 aliphatic rings. The van der Waals surface area contributed by atoms with Gasteiger partial charge in [-0.25, -0.2) is 0 Å². The van der Waals surface area contributed by atoms with E-state index in [-0.39, 0.29) is 0 Å². The van der Waals surface area contributed by atoms with Gasteiger partial charge in [0, 0.05) is 26.2 Å². The molecular weight excluding hydrogens is 324 g/mol. The number of nitrogens with two attached hydrogens (primary N) is 1. The van der Waals surface area contributed by atoms with Crippen LogP contribution < -0.4 is 20.7 Å². The number of hydrogen-bond acceptors (Lipinski definition) is 3. The van der Waals surface area contributed by atoms with Crippen LogP contribution in [0.3, 0.4) is 0 Å². The molecule has 1 aliphatic heterocycles. The lowest BCUT2D eigenvalue weighted by molar-refractivity contribution is 0.414. The van der Waals surface area contributed by atoms with Crippen molar-refractivity contribution in [3.63, 3.8) is 0 Å². The molecule has 1 unspecified atom stereocenters. The van der Waals surface area contributed by atoms with E-state index in [1.807, 2.05) is 18.2 Å². The highest BCUT2D eigenvalue weighted by Crippen LogP contribution is 2.31. The molecule has 2 aromatic carbocycles. The molecule has 0 aliphatic carbocycles. The van der Waals surface area contributed by atoms with E-state index >= 15 is 0 Å². The minimum atomic E-state index is 0.523. The molecule has 0 saturated carbocycles. The van der Waals surface area contributed by atoms with E-state index < -0.39 is 0 Å². The van der Waals surface area contributed by atoms with Crippen molar-refractivity contribution in [2.45, 2.75) is 12.8 Å². The van der Waals surface area contributed by atoms with Gasteiger partial charge in [-0.3, -0.25) is 4.99 Å². The number of methoxy groups -OCH3 is 1. The molecule has 5 nitrogen and oxygen atoms in total. The van der Waals surface area contributed by atoms with Crippen LogP contribution >= 0.6 is 0 Å². The summed E-state index contributed by atoms with van der Waals surface area (Å²) in [4.78, 5) is 6.91. The zero-order valence-electron chi connectivity index (χ0n) is 15.4. The van der Waals surface area contributed by atoms with E-state index in [0.717, 1.165) is 50.5 Å². The Morgan fingerprint density at radius 1 is 1.19 bits per heavy atom. The molecule has 1 atom stereocenters. The van der Waals surface area contributed by atoms with Crippen molar-refractivity contribution in [2.24, 2.45) is 16.6 Å². The zero-order chi connectivity index (χ0) is 18.2. The maximum Gasteiger partial charge on any atom is 0.188 e. The third-order valence-electron chi connectivity index (χ3n) is 4.79. The Labute approximate surface area is 155 Å². The summed E-state index contributed by atoms with van der Waals surface area (Å²) in [5.74, 6) is 1.99. The number of aliphatic imine (C=N–C) groups is 1. The highest BCUT2D eigenvalue weighted by Gasteiger charge is 2.24. The first-order chi connectivity index (χ1) is 12.8. The minimum absolute atomic E-state index is 0.523. The highest BCUT2D eigenvalue weighted by atomic mass is 16.5. The molecule has 2 aromatic rings. The normalized spacial score (nSPS) is 17.3. The molecule has 0 aromatic heterocycles. The monoisotopic (exact) mass is 352 g/mol. The van der Waals surface area contributed by atoms with Crippen molar-refractivity contribution in [1.29, 1.82) is 0 Å². The number of ether oxygens (including phenoxy) is 1. The van der Waals surface area contributed by atoms with Gasteiger partial charge in [0.1, 0.15) is 5.75 Å². The second kappa shape index (κ2) is 9.13. The van der Waals surface area contributed by atoms with E-state index in [2.05, 4.69) is 51.6 Å². The van der Waals surface area contributed by atoms with Crippen molar-refractivity contribution >= 4 is 11.6 Å². The smallest absolute Gasteiger partial charge is 0.188 e. The van der Waals surface area contributed by atoms with Gasteiger partial charge in [0.15, 0.2) is 5.96 Å². The summed E-state index contributed by atoms with van der Waals surface area (Å²) in [6, 6.07) is 18.6. The van der Waals surface area contributed by atoms with Gasteiger partial charge in [0.05, 0.1) is 12.8 Å². The largest absolute Gasteiger partial charge is 0.495 e. The van der Waals surface area contributed by atoms with E-state index in [1.54, 1.807) is 7.11 Å². The molecule has 0 bridgehead atoms. The third kappa shape index (κ3) is 4.91. The van der Waals surface area contributed by atoms with Crippen molar-refractivity contribution in [2.75, 3.05) is 38.2 Å². The molecule has 5 heteroatoms. The van der Waals surface area contributed by atoms with E-state index in [4.69, 9.17) is 10.5 Å². The minimum Gasteiger partial charge on any atom is -0.495 e. The molecule has 0 spiro atoms. The number of para-hydroxylation sites is 2. The van der Waals surface area contributed by atoms with Crippen LogP contribution in [0.25, 0.3) is 0 Å². The highest BCUT2D eigenvalue weighted by molar-refractivity contribution is 5.77. The number of nitrogens with zero attached hydrogens (tertiary/aromatic N) is 2. The Balaban J connectivity index is 1.44. The lowest BCUT2D eigenvalue weighted by Crippen LogP contribution is -2.34. The van der Waals surface area contributed by atoms with Crippen molar-refractivity contribution in [1.82, 2.24) is 5.32 Å². The van der Waals surface area contributed by atoms with Crippen LogP contribution in [0.4, 0.5) is 5.69 Å². The Hall–Kier alpha value is -2.69. The molecule has 1 heterocycles. The van der Waals surface area contributed by atoms with Crippen LogP contribution in [0.15, 0.2) is 59.6 Å². The Morgan fingerprint density at radius 2 is 1.96 bits per heavy atom. The zero-order valence-corrected chi connectivity index (χ0v) is 15.4. The van der Waals surface area contributed by atoms with Gasteiger partial charge in [0.2, 0.25) is 0 Å². The predicted molar refractivity (Wildman–Crippen MR) is 108 cm³/mol. The number of hydrogen-bond donors (Lipinski definition) is 2. The van der Waals surface area contributed by atoms with Crippen LogP contribution in [0.5, 0.6) is 5.75 Å². The lowest BCUT2D eigenvalue weighted by atomic mass is 10.1. The molecule has 1 saturated heterocycles. The van der Waals surface area contributed by atoms with Crippen molar-refractivity contribution in [3.8, 4) is 5.75 Å². The van der Waals surface area contributed by atoms with Crippen molar-refractivity contribution in [3.05, 3.63) is 60.2 Å². The molecule has 0 radical (unpaired) electrons. The second-order valence-electron chi connectivity index (χ2n) is 6.66. The fourth-order valence-electron chi connectivity index (χ4n) is 3.35. The standard InChI is InChI=1S/C21H28N4O/c1-26-20-10-6-5-9-19(20)25-14-12-18(16-25)15-24-21(22)23-13-11-17-7-3-2-4-8-17/h2-10,18H,11-16H2,1H3,(H3,22,23,24). The number of guanidine groups is 1.